The zero-order valence-electron chi connectivity index (χ0n) is 8.81. The zero-order valence-corrected chi connectivity index (χ0v) is 8.81. The van der Waals surface area contributed by atoms with Crippen LogP contribution >= 0.6 is 0 Å². The van der Waals surface area contributed by atoms with Gasteiger partial charge >= 0.3 is 6.18 Å². The number of rotatable bonds is 3. The molecule has 9 heteroatoms. The lowest BCUT2D eigenvalue weighted by molar-refractivity contribution is -0.137. The maximum absolute atomic E-state index is 12.6. The lowest BCUT2D eigenvalue weighted by Gasteiger charge is -2.08. The van der Waals surface area contributed by atoms with Crippen LogP contribution in [0.3, 0.4) is 0 Å². The average Bonchev–Trinajstić information content (AvgIpc) is 2.81. The summed E-state index contributed by atoms with van der Waals surface area (Å²) < 4.78 is 37.9. The number of halogens is 3. The van der Waals surface area contributed by atoms with Gasteiger partial charge in [-0.15, -0.1) is 5.10 Å². The van der Waals surface area contributed by atoms with E-state index in [2.05, 4.69) is 31.2 Å². The number of alkyl halides is 3. The maximum Gasteiger partial charge on any atom is 0.417 e. The highest BCUT2D eigenvalue weighted by Gasteiger charge is 2.32. The predicted octanol–water partition coefficient (Wildman–Crippen LogP) is 1.66. The third-order valence-electron chi connectivity index (χ3n) is 1.98. The van der Waals surface area contributed by atoms with Crippen molar-refractivity contribution in [2.75, 3.05) is 5.43 Å². The summed E-state index contributed by atoms with van der Waals surface area (Å²) in [6.45, 7) is 0. The Balaban J connectivity index is 2.16. The van der Waals surface area contributed by atoms with E-state index in [1.165, 1.54) is 18.2 Å². The second-order valence-electron chi connectivity index (χ2n) is 3.19. The molecular weight excluding hydrogens is 249 g/mol. The van der Waals surface area contributed by atoms with Crippen molar-refractivity contribution >= 4 is 12.2 Å². The number of H-pyrrole nitrogens is 1. The number of nitrogens with zero attached hydrogens (tertiary/aromatic N) is 4. The van der Waals surface area contributed by atoms with Crippen molar-refractivity contribution in [1.82, 2.24) is 20.6 Å². The molecule has 6 nitrogen and oxygen atoms in total. The average molecular weight is 256 g/mol. The second kappa shape index (κ2) is 4.82. The molecule has 0 aliphatic carbocycles. The first kappa shape index (κ1) is 12.0. The topological polar surface area (TPSA) is 78.9 Å². The summed E-state index contributed by atoms with van der Waals surface area (Å²) in [5, 5.41) is 16.1. The lowest BCUT2D eigenvalue weighted by atomic mass is 10.1. The van der Waals surface area contributed by atoms with E-state index in [-0.39, 0.29) is 11.5 Å². The van der Waals surface area contributed by atoms with Gasteiger partial charge < -0.3 is 0 Å². The van der Waals surface area contributed by atoms with E-state index in [4.69, 9.17) is 0 Å². The van der Waals surface area contributed by atoms with Gasteiger partial charge in [-0.1, -0.05) is 23.3 Å². The molecule has 18 heavy (non-hydrogen) atoms. The van der Waals surface area contributed by atoms with Gasteiger partial charge in [0.05, 0.1) is 11.8 Å². The van der Waals surface area contributed by atoms with Gasteiger partial charge in [0.15, 0.2) is 0 Å². The Bertz CT molecular complexity index is 533. The molecule has 1 aromatic heterocycles. The fourth-order valence-electron chi connectivity index (χ4n) is 1.24. The summed E-state index contributed by atoms with van der Waals surface area (Å²) in [5.41, 5.74) is 1.52. The molecule has 0 saturated carbocycles. The second-order valence-corrected chi connectivity index (χ2v) is 3.19. The van der Waals surface area contributed by atoms with Crippen LogP contribution in [0, 0.1) is 0 Å². The molecule has 0 amide bonds. The van der Waals surface area contributed by atoms with Crippen molar-refractivity contribution < 1.29 is 13.2 Å². The molecule has 2 rings (SSSR count). The normalized spacial score (nSPS) is 11.9. The molecule has 2 N–H and O–H groups in total. The van der Waals surface area contributed by atoms with Crippen LogP contribution in [0.5, 0.6) is 0 Å². The fraction of sp³-hybridized carbons (Fsp3) is 0.111. The van der Waals surface area contributed by atoms with Crippen molar-refractivity contribution in [1.29, 1.82) is 0 Å². The van der Waals surface area contributed by atoms with Crippen LogP contribution in [0.15, 0.2) is 29.4 Å². The first-order valence-electron chi connectivity index (χ1n) is 4.76. The van der Waals surface area contributed by atoms with E-state index in [9.17, 15) is 13.2 Å². The monoisotopic (exact) mass is 256 g/mol. The highest BCUT2D eigenvalue weighted by Crippen LogP contribution is 2.30. The van der Waals surface area contributed by atoms with E-state index in [1.54, 1.807) is 0 Å². The van der Waals surface area contributed by atoms with Gasteiger partial charge in [0.1, 0.15) is 0 Å². The summed E-state index contributed by atoms with van der Waals surface area (Å²) in [6.07, 6.45) is -3.38. The number of nitrogens with one attached hydrogen (secondary N) is 2. The van der Waals surface area contributed by atoms with Gasteiger partial charge in [-0.3, -0.25) is 0 Å². The van der Waals surface area contributed by atoms with Crippen molar-refractivity contribution in [2.45, 2.75) is 6.18 Å². The van der Waals surface area contributed by atoms with Gasteiger partial charge in [0.2, 0.25) is 0 Å². The Kier molecular flexibility index (Phi) is 3.22. The van der Waals surface area contributed by atoms with E-state index >= 15 is 0 Å². The van der Waals surface area contributed by atoms with Crippen molar-refractivity contribution in [3.63, 3.8) is 0 Å². The predicted molar refractivity (Wildman–Crippen MR) is 56.8 cm³/mol. The Labute approximate surface area is 98.9 Å². The van der Waals surface area contributed by atoms with Crippen molar-refractivity contribution in [2.24, 2.45) is 5.10 Å². The van der Waals surface area contributed by atoms with Crippen LogP contribution in [0.1, 0.15) is 11.1 Å². The molecule has 0 saturated heterocycles. The van der Waals surface area contributed by atoms with Gasteiger partial charge in [0.25, 0.3) is 5.95 Å². The van der Waals surface area contributed by atoms with E-state index in [0.717, 1.165) is 12.3 Å². The SMILES string of the molecule is FC(F)(F)c1ccccc1/C=N\Nc1nn[nH]n1. The summed E-state index contributed by atoms with van der Waals surface area (Å²) in [7, 11) is 0. The van der Waals surface area contributed by atoms with Crippen LogP contribution in [-0.4, -0.2) is 26.8 Å². The molecule has 0 aliphatic rings. The number of tetrazole rings is 1. The first-order chi connectivity index (χ1) is 8.57. The first-order valence-corrected chi connectivity index (χ1v) is 4.76. The minimum atomic E-state index is -4.42. The minimum absolute atomic E-state index is 0.0546. The Hall–Kier alpha value is -2.45. The van der Waals surface area contributed by atoms with Crippen LogP contribution in [0.4, 0.5) is 19.1 Å². The number of hydrogen-bond donors (Lipinski definition) is 2. The van der Waals surface area contributed by atoms with Gasteiger partial charge in [-0.05, 0) is 11.3 Å². The molecule has 0 unspecified atom stereocenters. The molecule has 94 valence electrons. The third-order valence-corrected chi connectivity index (χ3v) is 1.98. The molecule has 0 aliphatic heterocycles. The number of aromatic amines is 1. The minimum Gasteiger partial charge on any atom is -0.243 e. The largest absolute Gasteiger partial charge is 0.417 e. The quantitative estimate of drug-likeness (QED) is 0.646. The van der Waals surface area contributed by atoms with Gasteiger partial charge in [0, 0.05) is 5.56 Å². The molecule has 1 aromatic carbocycles. The van der Waals surface area contributed by atoms with Gasteiger partial charge in [-0.25, -0.2) is 5.43 Å². The standard InChI is InChI=1S/C9H7F3N6/c10-9(11,12)7-4-2-1-3-6(7)5-13-14-8-15-17-18-16-8/h1-5H,(H2,14,15,16,17,18)/b13-5-. The summed E-state index contributed by atoms with van der Waals surface area (Å²) >= 11 is 0. The number of benzene rings is 1. The third kappa shape index (κ3) is 2.81. The fourth-order valence-corrected chi connectivity index (χ4v) is 1.24. The summed E-state index contributed by atoms with van der Waals surface area (Å²) in [4.78, 5) is 0. The van der Waals surface area contributed by atoms with Crippen molar-refractivity contribution in [3.05, 3.63) is 35.4 Å². The Morgan fingerprint density at radius 1 is 1.28 bits per heavy atom. The molecule has 0 bridgehead atoms. The Morgan fingerprint density at radius 2 is 2.06 bits per heavy atom. The lowest BCUT2D eigenvalue weighted by Crippen LogP contribution is -2.08. The molecule has 0 spiro atoms. The maximum atomic E-state index is 12.6. The summed E-state index contributed by atoms with van der Waals surface area (Å²) in [5.74, 6) is 0.0655. The van der Waals surface area contributed by atoms with Crippen LogP contribution in [-0.2, 0) is 6.18 Å². The molecule has 0 atom stereocenters. The van der Waals surface area contributed by atoms with Crippen LogP contribution < -0.4 is 5.43 Å². The van der Waals surface area contributed by atoms with Crippen LogP contribution in [0.2, 0.25) is 0 Å². The number of hydrazone groups is 1. The van der Waals surface area contributed by atoms with E-state index in [1.807, 2.05) is 0 Å². The molecule has 1 heterocycles. The molecular formula is C9H7F3N6. The molecule has 0 fully saturated rings. The summed E-state index contributed by atoms with van der Waals surface area (Å²) in [6, 6.07) is 5.09. The number of hydrogen-bond acceptors (Lipinski definition) is 5. The molecule has 0 radical (unpaired) electrons. The van der Waals surface area contributed by atoms with E-state index in [0.29, 0.717) is 0 Å². The van der Waals surface area contributed by atoms with E-state index < -0.39 is 11.7 Å². The van der Waals surface area contributed by atoms with Crippen LogP contribution in [0.25, 0.3) is 0 Å². The number of anilines is 1. The smallest absolute Gasteiger partial charge is 0.243 e. The van der Waals surface area contributed by atoms with Gasteiger partial charge in [-0.2, -0.15) is 23.5 Å². The molecule has 2 aromatic rings. The Morgan fingerprint density at radius 3 is 2.72 bits per heavy atom. The highest BCUT2D eigenvalue weighted by atomic mass is 19.4. The highest BCUT2D eigenvalue weighted by molar-refractivity contribution is 5.82. The zero-order chi connectivity index (χ0) is 13.0. The number of aromatic nitrogens is 4. The van der Waals surface area contributed by atoms with Crippen molar-refractivity contribution in [3.8, 4) is 0 Å².